The number of hydrogen-bond acceptors (Lipinski definition) is 5. The molecular formula is C12H18N2O4S. The molecule has 1 aromatic carbocycles. The third-order valence-corrected chi connectivity index (χ3v) is 4.85. The first-order chi connectivity index (χ1) is 8.92. The summed E-state index contributed by atoms with van der Waals surface area (Å²) >= 11 is 0. The Balaban J connectivity index is 2.19. The van der Waals surface area contributed by atoms with Crippen LogP contribution < -0.4 is 15.2 Å². The molecule has 1 aliphatic carbocycles. The maximum atomic E-state index is 12.2. The van der Waals surface area contributed by atoms with Crippen molar-refractivity contribution in [3.8, 4) is 5.75 Å². The molecule has 6 nitrogen and oxygen atoms in total. The van der Waals surface area contributed by atoms with Crippen molar-refractivity contribution in [3.63, 3.8) is 0 Å². The molecule has 0 spiro atoms. The Hall–Kier alpha value is -1.31. The van der Waals surface area contributed by atoms with Gasteiger partial charge in [0.05, 0.1) is 7.11 Å². The zero-order valence-corrected chi connectivity index (χ0v) is 11.5. The quantitative estimate of drug-likeness (QED) is 0.654. The summed E-state index contributed by atoms with van der Waals surface area (Å²) < 4.78 is 32.0. The van der Waals surface area contributed by atoms with Crippen LogP contribution in [0.15, 0.2) is 23.1 Å². The highest BCUT2D eigenvalue weighted by molar-refractivity contribution is 7.89. The van der Waals surface area contributed by atoms with E-state index in [1.165, 1.54) is 25.3 Å². The number of sulfonamides is 1. The molecule has 0 amide bonds. The predicted octanol–water partition coefficient (Wildman–Crippen LogP) is 0.328. The van der Waals surface area contributed by atoms with Gasteiger partial charge in [-0.15, -0.1) is 0 Å². The zero-order chi connectivity index (χ0) is 14.1. The first-order valence-corrected chi connectivity index (χ1v) is 7.45. The first kappa shape index (κ1) is 14.1. The number of ether oxygens (including phenoxy) is 1. The van der Waals surface area contributed by atoms with Crippen LogP contribution in [-0.4, -0.2) is 33.8 Å². The number of benzene rings is 1. The average Bonchev–Trinajstić information content (AvgIpc) is 3.17. The van der Waals surface area contributed by atoms with Crippen molar-refractivity contribution in [2.24, 2.45) is 5.41 Å². The Labute approximate surface area is 112 Å². The molecule has 0 aromatic heterocycles. The van der Waals surface area contributed by atoms with Crippen molar-refractivity contribution >= 4 is 15.7 Å². The smallest absolute Gasteiger partial charge is 0.244 e. The fourth-order valence-corrected chi connectivity index (χ4v) is 3.11. The SMILES string of the molecule is COc1cc(N)ccc1S(=O)(=O)NCC1(CO)CC1. The van der Waals surface area contributed by atoms with Crippen LogP contribution in [0.25, 0.3) is 0 Å². The van der Waals surface area contributed by atoms with Crippen LogP contribution in [0.3, 0.4) is 0 Å². The molecule has 0 unspecified atom stereocenters. The Morgan fingerprint density at radius 2 is 2.16 bits per heavy atom. The molecule has 0 heterocycles. The topological polar surface area (TPSA) is 102 Å². The van der Waals surface area contributed by atoms with Gasteiger partial charge in [-0.05, 0) is 25.0 Å². The highest BCUT2D eigenvalue weighted by Gasteiger charge is 2.42. The summed E-state index contributed by atoms with van der Waals surface area (Å²) in [6.07, 6.45) is 1.68. The lowest BCUT2D eigenvalue weighted by Gasteiger charge is -2.15. The van der Waals surface area contributed by atoms with Crippen molar-refractivity contribution in [1.82, 2.24) is 4.72 Å². The molecule has 7 heteroatoms. The van der Waals surface area contributed by atoms with Gasteiger partial charge in [-0.3, -0.25) is 0 Å². The summed E-state index contributed by atoms with van der Waals surface area (Å²) in [6.45, 7) is 0.230. The fraction of sp³-hybridized carbons (Fsp3) is 0.500. The van der Waals surface area contributed by atoms with E-state index < -0.39 is 10.0 Å². The minimum atomic E-state index is -3.66. The summed E-state index contributed by atoms with van der Waals surface area (Å²) in [7, 11) is -2.27. The van der Waals surface area contributed by atoms with Gasteiger partial charge in [-0.2, -0.15) is 0 Å². The number of rotatable bonds is 6. The maximum Gasteiger partial charge on any atom is 0.244 e. The minimum absolute atomic E-state index is 0.00556. The van der Waals surface area contributed by atoms with Gasteiger partial charge in [0.1, 0.15) is 10.6 Å². The van der Waals surface area contributed by atoms with Crippen molar-refractivity contribution in [1.29, 1.82) is 0 Å². The summed E-state index contributed by atoms with van der Waals surface area (Å²) in [5.41, 5.74) is 5.74. The van der Waals surface area contributed by atoms with E-state index in [9.17, 15) is 13.5 Å². The maximum absolute atomic E-state index is 12.2. The van der Waals surface area contributed by atoms with E-state index in [-0.39, 0.29) is 29.2 Å². The molecule has 1 aliphatic rings. The normalized spacial score (nSPS) is 17.2. The lowest BCUT2D eigenvalue weighted by atomic mass is 10.1. The number of anilines is 1. The van der Waals surface area contributed by atoms with Crippen LogP contribution in [0.4, 0.5) is 5.69 Å². The number of aliphatic hydroxyl groups is 1. The monoisotopic (exact) mass is 286 g/mol. The molecule has 0 radical (unpaired) electrons. The van der Waals surface area contributed by atoms with E-state index in [4.69, 9.17) is 10.5 Å². The van der Waals surface area contributed by atoms with Crippen LogP contribution in [0.1, 0.15) is 12.8 Å². The van der Waals surface area contributed by atoms with Gasteiger partial charge < -0.3 is 15.6 Å². The van der Waals surface area contributed by atoms with Gasteiger partial charge in [0.25, 0.3) is 0 Å². The predicted molar refractivity (Wildman–Crippen MR) is 71.3 cm³/mol. The Morgan fingerprint density at radius 1 is 1.47 bits per heavy atom. The fourth-order valence-electron chi connectivity index (χ4n) is 1.80. The van der Waals surface area contributed by atoms with Gasteiger partial charge in [0.15, 0.2) is 0 Å². The Morgan fingerprint density at radius 3 is 2.68 bits per heavy atom. The number of aliphatic hydroxyl groups excluding tert-OH is 1. The van der Waals surface area contributed by atoms with Gasteiger partial charge in [0.2, 0.25) is 10.0 Å². The largest absolute Gasteiger partial charge is 0.495 e. The van der Waals surface area contributed by atoms with Gasteiger partial charge in [-0.1, -0.05) is 0 Å². The van der Waals surface area contributed by atoms with E-state index in [0.29, 0.717) is 5.69 Å². The third kappa shape index (κ3) is 2.99. The molecule has 19 heavy (non-hydrogen) atoms. The van der Waals surface area contributed by atoms with Crippen molar-refractivity contribution in [2.45, 2.75) is 17.7 Å². The van der Waals surface area contributed by atoms with Crippen molar-refractivity contribution in [2.75, 3.05) is 26.0 Å². The standard InChI is InChI=1S/C12H18N2O4S/c1-18-10-6-9(13)2-3-11(10)19(16,17)14-7-12(8-15)4-5-12/h2-3,6,14-15H,4-5,7-8,13H2,1H3. The summed E-state index contributed by atoms with van der Waals surface area (Å²) in [5, 5.41) is 9.19. The number of nitrogen functional groups attached to an aromatic ring is 1. The molecule has 106 valence electrons. The molecule has 4 N–H and O–H groups in total. The second-order valence-corrected chi connectivity index (χ2v) is 6.63. The molecule has 1 aromatic rings. The summed E-state index contributed by atoms with van der Waals surface area (Å²) in [6, 6.07) is 4.39. The minimum Gasteiger partial charge on any atom is -0.495 e. The van der Waals surface area contributed by atoms with Crippen LogP contribution in [-0.2, 0) is 10.0 Å². The first-order valence-electron chi connectivity index (χ1n) is 5.96. The Kier molecular flexibility index (Phi) is 3.71. The lowest BCUT2D eigenvalue weighted by Crippen LogP contribution is -2.32. The molecule has 1 saturated carbocycles. The molecule has 0 atom stereocenters. The number of methoxy groups -OCH3 is 1. The van der Waals surface area contributed by atoms with Crippen molar-refractivity contribution in [3.05, 3.63) is 18.2 Å². The second-order valence-electron chi connectivity index (χ2n) is 4.89. The average molecular weight is 286 g/mol. The van der Waals surface area contributed by atoms with Crippen LogP contribution in [0.5, 0.6) is 5.75 Å². The molecule has 0 saturated heterocycles. The van der Waals surface area contributed by atoms with Crippen LogP contribution >= 0.6 is 0 Å². The van der Waals surface area contributed by atoms with E-state index in [0.717, 1.165) is 12.8 Å². The number of nitrogens with one attached hydrogen (secondary N) is 1. The van der Waals surface area contributed by atoms with Gasteiger partial charge in [-0.25, -0.2) is 13.1 Å². The number of nitrogens with two attached hydrogens (primary N) is 1. The summed E-state index contributed by atoms with van der Waals surface area (Å²) in [5.74, 6) is 0.210. The summed E-state index contributed by atoms with van der Waals surface area (Å²) in [4.78, 5) is 0.0536. The van der Waals surface area contributed by atoms with E-state index in [1.54, 1.807) is 0 Å². The number of hydrogen-bond donors (Lipinski definition) is 3. The third-order valence-electron chi connectivity index (χ3n) is 3.41. The Bertz CT molecular complexity index is 567. The second kappa shape index (κ2) is 4.99. The molecule has 2 rings (SSSR count). The van der Waals surface area contributed by atoms with Crippen LogP contribution in [0.2, 0.25) is 0 Å². The zero-order valence-electron chi connectivity index (χ0n) is 10.7. The van der Waals surface area contributed by atoms with E-state index in [1.807, 2.05) is 0 Å². The van der Waals surface area contributed by atoms with Gasteiger partial charge >= 0.3 is 0 Å². The highest BCUT2D eigenvalue weighted by Crippen LogP contribution is 2.44. The lowest BCUT2D eigenvalue weighted by molar-refractivity contribution is 0.213. The molecule has 1 fully saturated rings. The van der Waals surface area contributed by atoms with E-state index >= 15 is 0 Å². The van der Waals surface area contributed by atoms with Gasteiger partial charge in [0, 0.05) is 30.3 Å². The van der Waals surface area contributed by atoms with E-state index in [2.05, 4.69) is 4.72 Å². The molecule has 0 aliphatic heterocycles. The molecular weight excluding hydrogens is 268 g/mol. The van der Waals surface area contributed by atoms with Crippen LogP contribution in [0, 0.1) is 5.41 Å². The molecule has 0 bridgehead atoms. The van der Waals surface area contributed by atoms with Crippen molar-refractivity contribution < 1.29 is 18.3 Å². The highest BCUT2D eigenvalue weighted by atomic mass is 32.2.